The molecule has 0 N–H and O–H groups in total. The molecule has 2 aromatic carbocycles. The van der Waals surface area contributed by atoms with Crippen molar-refractivity contribution in [2.24, 2.45) is 0 Å². The number of amides is 1. The van der Waals surface area contributed by atoms with Crippen molar-refractivity contribution in [1.82, 2.24) is 9.88 Å². The maximum atomic E-state index is 14.3. The molecule has 0 aliphatic carbocycles. The van der Waals surface area contributed by atoms with Gasteiger partial charge in [0.2, 0.25) is 5.76 Å². The molecule has 3 aromatic rings. The van der Waals surface area contributed by atoms with Crippen molar-refractivity contribution in [2.75, 3.05) is 38.2 Å². The summed E-state index contributed by atoms with van der Waals surface area (Å²) in [5.41, 5.74) is 1.37. The molecule has 0 bridgehead atoms. The fourth-order valence-corrected chi connectivity index (χ4v) is 3.78. The van der Waals surface area contributed by atoms with Crippen LogP contribution in [0.25, 0.3) is 11.3 Å². The molecule has 31 heavy (non-hydrogen) atoms. The van der Waals surface area contributed by atoms with Crippen molar-refractivity contribution in [3.8, 4) is 17.0 Å². The van der Waals surface area contributed by atoms with Crippen LogP contribution in [0.4, 0.5) is 10.1 Å². The van der Waals surface area contributed by atoms with E-state index in [1.165, 1.54) is 6.07 Å². The van der Waals surface area contributed by atoms with E-state index in [1.807, 2.05) is 12.1 Å². The Kier molecular flexibility index (Phi) is 7.08. The summed E-state index contributed by atoms with van der Waals surface area (Å²) in [4.78, 5) is 21.2. The van der Waals surface area contributed by atoms with Crippen LogP contribution in [0.5, 0.6) is 5.75 Å². The van der Waals surface area contributed by atoms with Crippen molar-refractivity contribution in [3.63, 3.8) is 0 Å². The summed E-state index contributed by atoms with van der Waals surface area (Å²) < 4.78 is 25.3. The SMILES string of the molecule is COc1ccc(Cl)cc1N1CCN(C(=O)c2oc(C)nc2-c2ccccc2F)CC1.Cl. The number of carbonyl (C=O) groups is 1. The molecule has 4 rings (SSSR count). The second-order valence-electron chi connectivity index (χ2n) is 6.99. The minimum absolute atomic E-state index is 0. The summed E-state index contributed by atoms with van der Waals surface area (Å²) in [7, 11) is 1.61. The largest absolute Gasteiger partial charge is 0.495 e. The Morgan fingerprint density at radius 2 is 1.87 bits per heavy atom. The molecule has 1 aromatic heterocycles. The summed E-state index contributed by atoms with van der Waals surface area (Å²) in [6.45, 7) is 3.80. The molecule has 164 valence electrons. The van der Waals surface area contributed by atoms with E-state index in [4.69, 9.17) is 20.8 Å². The third-order valence-electron chi connectivity index (χ3n) is 5.11. The molecule has 0 saturated carbocycles. The Morgan fingerprint density at radius 3 is 2.55 bits per heavy atom. The van der Waals surface area contributed by atoms with Gasteiger partial charge in [0.25, 0.3) is 5.91 Å². The number of methoxy groups -OCH3 is 1. The molecule has 0 radical (unpaired) electrons. The first-order valence-corrected chi connectivity index (χ1v) is 9.96. The smallest absolute Gasteiger partial charge is 0.292 e. The van der Waals surface area contributed by atoms with Crippen LogP contribution in [-0.2, 0) is 0 Å². The highest BCUT2D eigenvalue weighted by Crippen LogP contribution is 2.32. The van der Waals surface area contributed by atoms with Gasteiger partial charge >= 0.3 is 0 Å². The van der Waals surface area contributed by atoms with Gasteiger partial charge in [-0.15, -0.1) is 12.4 Å². The van der Waals surface area contributed by atoms with Crippen LogP contribution in [0.3, 0.4) is 0 Å². The molecule has 2 heterocycles. The predicted octanol–water partition coefficient (Wildman–Crippen LogP) is 4.84. The van der Waals surface area contributed by atoms with Gasteiger partial charge in [-0.2, -0.15) is 0 Å². The van der Waals surface area contributed by atoms with Crippen LogP contribution >= 0.6 is 24.0 Å². The van der Waals surface area contributed by atoms with Gasteiger partial charge in [-0.05, 0) is 30.3 Å². The molecule has 6 nitrogen and oxygen atoms in total. The number of aromatic nitrogens is 1. The highest BCUT2D eigenvalue weighted by atomic mass is 35.5. The first-order chi connectivity index (χ1) is 14.5. The minimum atomic E-state index is -0.447. The third kappa shape index (κ3) is 4.62. The molecule has 1 saturated heterocycles. The first kappa shape index (κ1) is 22.9. The molecule has 1 aliphatic rings. The summed E-state index contributed by atoms with van der Waals surface area (Å²) >= 11 is 6.15. The van der Waals surface area contributed by atoms with E-state index in [0.29, 0.717) is 37.1 Å². The van der Waals surface area contributed by atoms with Gasteiger partial charge in [0.05, 0.1) is 12.8 Å². The Morgan fingerprint density at radius 1 is 1.16 bits per heavy atom. The number of oxazole rings is 1. The lowest BCUT2D eigenvalue weighted by molar-refractivity contribution is 0.0714. The average molecular weight is 466 g/mol. The van der Waals surface area contributed by atoms with Gasteiger partial charge in [0.1, 0.15) is 17.3 Å². The van der Waals surface area contributed by atoms with Crippen molar-refractivity contribution in [1.29, 1.82) is 0 Å². The van der Waals surface area contributed by atoms with Gasteiger partial charge in [-0.3, -0.25) is 4.79 Å². The second kappa shape index (κ2) is 9.58. The van der Waals surface area contributed by atoms with E-state index in [0.717, 1.165) is 11.4 Å². The van der Waals surface area contributed by atoms with E-state index >= 15 is 0 Å². The number of hydrogen-bond acceptors (Lipinski definition) is 5. The number of piperazine rings is 1. The number of anilines is 1. The van der Waals surface area contributed by atoms with Gasteiger partial charge in [-0.25, -0.2) is 9.37 Å². The fourth-order valence-electron chi connectivity index (χ4n) is 3.61. The van der Waals surface area contributed by atoms with E-state index in [-0.39, 0.29) is 35.3 Å². The number of carbonyl (C=O) groups excluding carboxylic acids is 1. The summed E-state index contributed by atoms with van der Waals surface area (Å²) in [6.07, 6.45) is 0. The first-order valence-electron chi connectivity index (χ1n) is 9.58. The zero-order chi connectivity index (χ0) is 21.3. The quantitative estimate of drug-likeness (QED) is 0.551. The van der Waals surface area contributed by atoms with Crippen molar-refractivity contribution in [2.45, 2.75) is 6.92 Å². The van der Waals surface area contributed by atoms with Crippen molar-refractivity contribution < 1.29 is 18.3 Å². The number of hydrogen-bond donors (Lipinski definition) is 0. The number of halogens is 3. The third-order valence-corrected chi connectivity index (χ3v) is 5.34. The fraction of sp³-hybridized carbons (Fsp3) is 0.273. The molecule has 0 unspecified atom stereocenters. The van der Waals surface area contributed by atoms with Crippen LogP contribution in [-0.4, -0.2) is 49.1 Å². The minimum Gasteiger partial charge on any atom is -0.495 e. The maximum absolute atomic E-state index is 14.3. The van der Waals surface area contributed by atoms with E-state index in [9.17, 15) is 9.18 Å². The highest BCUT2D eigenvalue weighted by molar-refractivity contribution is 6.31. The lowest BCUT2D eigenvalue weighted by atomic mass is 10.1. The highest BCUT2D eigenvalue weighted by Gasteiger charge is 2.29. The maximum Gasteiger partial charge on any atom is 0.292 e. The van der Waals surface area contributed by atoms with Gasteiger partial charge < -0.3 is 19.0 Å². The average Bonchev–Trinajstić information content (AvgIpc) is 3.15. The van der Waals surface area contributed by atoms with Crippen LogP contribution in [0.2, 0.25) is 5.02 Å². The molecular weight excluding hydrogens is 444 g/mol. The van der Waals surface area contributed by atoms with E-state index in [1.54, 1.807) is 43.2 Å². The van der Waals surface area contributed by atoms with Crippen LogP contribution < -0.4 is 9.64 Å². The monoisotopic (exact) mass is 465 g/mol. The second-order valence-corrected chi connectivity index (χ2v) is 7.42. The molecule has 1 fully saturated rings. The summed E-state index contributed by atoms with van der Waals surface area (Å²) in [6, 6.07) is 11.7. The Labute approximate surface area is 191 Å². The Hall–Kier alpha value is -2.77. The summed E-state index contributed by atoms with van der Waals surface area (Å²) in [5, 5.41) is 0.621. The van der Waals surface area contributed by atoms with Crippen molar-refractivity contribution in [3.05, 3.63) is 65.0 Å². The number of aryl methyl sites for hydroxylation is 1. The zero-order valence-electron chi connectivity index (χ0n) is 17.1. The predicted molar refractivity (Wildman–Crippen MR) is 120 cm³/mol. The standard InChI is InChI=1S/C22H21ClFN3O3.ClH/c1-14-25-20(16-5-3-4-6-17(16)24)21(30-14)22(28)27-11-9-26(10-12-27)18-13-15(23)7-8-19(18)29-2;/h3-8,13H,9-12H2,1-2H3;1H. The number of rotatable bonds is 4. The molecule has 0 atom stereocenters. The topological polar surface area (TPSA) is 58.8 Å². The Balaban J connectivity index is 0.00000272. The zero-order valence-corrected chi connectivity index (χ0v) is 18.7. The summed E-state index contributed by atoms with van der Waals surface area (Å²) in [5.74, 6) is 0.362. The van der Waals surface area contributed by atoms with E-state index in [2.05, 4.69) is 9.88 Å². The van der Waals surface area contributed by atoms with Gasteiger partial charge in [0.15, 0.2) is 5.89 Å². The van der Waals surface area contributed by atoms with Crippen LogP contribution in [0.1, 0.15) is 16.4 Å². The van der Waals surface area contributed by atoms with Gasteiger partial charge in [0, 0.05) is 43.7 Å². The molecule has 9 heteroatoms. The lowest BCUT2D eigenvalue weighted by Crippen LogP contribution is -2.49. The Bertz CT molecular complexity index is 1080. The number of benzene rings is 2. The molecule has 0 spiro atoms. The lowest BCUT2D eigenvalue weighted by Gasteiger charge is -2.36. The van der Waals surface area contributed by atoms with Crippen LogP contribution in [0, 0.1) is 12.7 Å². The van der Waals surface area contributed by atoms with Gasteiger partial charge in [-0.1, -0.05) is 23.7 Å². The number of nitrogens with zero attached hydrogens (tertiary/aromatic N) is 3. The van der Waals surface area contributed by atoms with Crippen LogP contribution in [0.15, 0.2) is 46.9 Å². The van der Waals surface area contributed by atoms with Crippen molar-refractivity contribution >= 4 is 35.6 Å². The molecule has 1 aliphatic heterocycles. The number of ether oxygens (including phenoxy) is 1. The van der Waals surface area contributed by atoms with E-state index < -0.39 is 5.82 Å². The molecule has 1 amide bonds. The normalized spacial score (nSPS) is 13.7. The molecular formula is C22H22Cl2FN3O3.